The van der Waals surface area contributed by atoms with Gasteiger partial charge in [0, 0.05) is 24.0 Å². The monoisotopic (exact) mass is 306 g/mol. The molecule has 0 spiro atoms. The predicted molar refractivity (Wildman–Crippen MR) is 72.8 cm³/mol. The fourth-order valence-corrected chi connectivity index (χ4v) is 2.40. The summed E-state index contributed by atoms with van der Waals surface area (Å²) in [7, 11) is 0. The molecule has 1 fully saturated rings. The molecular weight excluding hydrogens is 292 g/mol. The molecule has 1 saturated heterocycles. The van der Waals surface area contributed by atoms with Crippen LogP contribution in [0.1, 0.15) is 18.4 Å². The van der Waals surface area contributed by atoms with Crippen LogP contribution in [0.3, 0.4) is 0 Å². The Morgan fingerprint density at radius 1 is 1.39 bits per heavy atom. The molecule has 1 aliphatic heterocycles. The maximum absolute atomic E-state index is 11.8. The Morgan fingerprint density at radius 3 is 2.72 bits per heavy atom. The van der Waals surface area contributed by atoms with E-state index in [0.717, 1.165) is 23.9 Å². The quantitative estimate of drug-likeness (QED) is 0.862. The number of amides is 1. The second kappa shape index (κ2) is 6.01. The lowest BCUT2D eigenvalue weighted by Crippen LogP contribution is -2.39. The van der Waals surface area contributed by atoms with Crippen molar-refractivity contribution < 1.29 is 4.79 Å². The van der Waals surface area contributed by atoms with Crippen LogP contribution < -0.4 is 0 Å². The largest absolute Gasteiger partial charge is 0.342 e. The second-order valence-corrected chi connectivity index (χ2v) is 5.49. The fraction of sp³-hybridized carbons (Fsp3) is 0.429. The number of benzene rings is 1. The van der Waals surface area contributed by atoms with E-state index in [1.807, 2.05) is 17.0 Å². The molecule has 0 saturated carbocycles. The second-order valence-electron chi connectivity index (χ2n) is 4.58. The van der Waals surface area contributed by atoms with Crippen molar-refractivity contribution in [2.45, 2.75) is 19.3 Å². The van der Waals surface area contributed by atoms with Crippen LogP contribution in [0.25, 0.3) is 0 Å². The number of hydrogen-bond donors (Lipinski definition) is 0. The summed E-state index contributed by atoms with van der Waals surface area (Å²) < 4.78 is 1.07. The number of halogens is 1. The van der Waals surface area contributed by atoms with E-state index in [2.05, 4.69) is 34.1 Å². The Hall–Kier alpha value is -1.34. The van der Waals surface area contributed by atoms with E-state index in [4.69, 9.17) is 5.26 Å². The van der Waals surface area contributed by atoms with Crippen LogP contribution in [0.15, 0.2) is 28.7 Å². The number of carbonyl (C=O) groups is 1. The average molecular weight is 307 g/mol. The Balaban J connectivity index is 1.86. The molecule has 18 heavy (non-hydrogen) atoms. The van der Waals surface area contributed by atoms with E-state index < -0.39 is 0 Å². The van der Waals surface area contributed by atoms with Gasteiger partial charge in [-0.1, -0.05) is 28.1 Å². The zero-order chi connectivity index (χ0) is 13.0. The summed E-state index contributed by atoms with van der Waals surface area (Å²) in [5.41, 5.74) is 1.23. The van der Waals surface area contributed by atoms with E-state index in [-0.39, 0.29) is 11.8 Å². The Labute approximate surface area is 116 Å². The summed E-state index contributed by atoms with van der Waals surface area (Å²) in [5.74, 6) is 0.0337. The van der Waals surface area contributed by atoms with Crippen molar-refractivity contribution in [2.24, 2.45) is 5.92 Å². The summed E-state index contributed by atoms with van der Waals surface area (Å²) in [4.78, 5) is 13.7. The molecule has 0 bridgehead atoms. The van der Waals surface area contributed by atoms with Crippen LogP contribution in [0.5, 0.6) is 0 Å². The van der Waals surface area contributed by atoms with Crippen LogP contribution in [0.4, 0.5) is 0 Å². The van der Waals surface area contributed by atoms with Crippen LogP contribution in [-0.4, -0.2) is 23.9 Å². The van der Waals surface area contributed by atoms with E-state index in [0.29, 0.717) is 13.0 Å². The molecule has 1 aliphatic rings. The molecule has 3 nitrogen and oxygen atoms in total. The number of hydrogen-bond acceptors (Lipinski definition) is 2. The van der Waals surface area contributed by atoms with Gasteiger partial charge in [-0.15, -0.1) is 0 Å². The lowest BCUT2D eigenvalue weighted by Gasteiger charge is -2.29. The van der Waals surface area contributed by atoms with Crippen LogP contribution in [-0.2, 0) is 11.2 Å². The molecule has 0 aromatic heterocycles. The summed E-state index contributed by atoms with van der Waals surface area (Å²) >= 11 is 3.40. The number of piperidine rings is 1. The molecule has 1 aromatic carbocycles. The molecule has 94 valence electrons. The van der Waals surface area contributed by atoms with Crippen molar-refractivity contribution in [1.29, 1.82) is 5.26 Å². The first kappa shape index (κ1) is 13.1. The zero-order valence-electron chi connectivity index (χ0n) is 10.1. The van der Waals surface area contributed by atoms with Crippen molar-refractivity contribution in [1.82, 2.24) is 4.90 Å². The van der Waals surface area contributed by atoms with Gasteiger partial charge in [-0.3, -0.25) is 4.79 Å². The minimum atomic E-state index is -0.0820. The Morgan fingerprint density at radius 2 is 2.11 bits per heavy atom. The molecule has 1 heterocycles. The maximum atomic E-state index is 11.8. The van der Waals surface area contributed by atoms with Gasteiger partial charge in [0.1, 0.15) is 0 Å². The highest BCUT2D eigenvalue weighted by atomic mass is 79.9. The van der Waals surface area contributed by atoms with Gasteiger partial charge in [-0.2, -0.15) is 5.26 Å². The van der Waals surface area contributed by atoms with Crippen LogP contribution >= 0.6 is 15.9 Å². The number of likely N-dealkylation sites (tertiary alicyclic amines) is 1. The smallest absolute Gasteiger partial charge is 0.223 e. The summed E-state index contributed by atoms with van der Waals surface area (Å²) in [6, 6.07) is 10.3. The topological polar surface area (TPSA) is 44.1 Å². The third-order valence-corrected chi connectivity index (χ3v) is 3.82. The lowest BCUT2D eigenvalue weighted by atomic mass is 9.97. The molecule has 1 unspecified atom stereocenters. The molecular formula is C14H15BrN2O. The fourth-order valence-electron chi connectivity index (χ4n) is 2.14. The first-order valence-corrected chi connectivity index (χ1v) is 6.90. The molecule has 1 aromatic rings. The van der Waals surface area contributed by atoms with E-state index in [1.54, 1.807) is 0 Å². The number of rotatable bonds is 3. The van der Waals surface area contributed by atoms with Gasteiger partial charge in [0.25, 0.3) is 0 Å². The highest BCUT2D eigenvalue weighted by Gasteiger charge is 2.24. The Kier molecular flexibility index (Phi) is 4.38. The van der Waals surface area contributed by atoms with Crippen LogP contribution in [0, 0.1) is 17.2 Å². The molecule has 0 N–H and O–H groups in total. The van der Waals surface area contributed by atoms with Crippen molar-refractivity contribution in [2.75, 3.05) is 13.1 Å². The normalized spacial score (nSPS) is 19.7. The minimum Gasteiger partial charge on any atom is -0.342 e. The molecule has 1 amide bonds. The highest BCUT2D eigenvalue weighted by Crippen LogP contribution is 2.18. The van der Waals surface area contributed by atoms with Crippen LogP contribution in [0.2, 0.25) is 0 Å². The number of carbonyl (C=O) groups excluding carboxylic acids is 1. The van der Waals surface area contributed by atoms with E-state index in [1.165, 1.54) is 5.56 Å². The minimum absolute atomic E-state index is 0.0820. The third kappa shape index (κ3) is 3.33. The van der Waals surface area contributed by atoms with Crippen molar-refractivity contribution in [3.8, 4) is 6.07 Å². The Bertz CT molecular complexity index is 464. The molecule has 1 atom stereocenters. The molecule has 0 radical (unpaired) electrons. The molecule has 2 rings (SSSR count). The van der Waals surface area contributed by atoms with E-state index >= 15 is 0 Å². The van der Waals surface area contributed by atoms with Crippen molar-refractivity contribution in [3.05, 3.63) is 34.3 Å². The SMILES string of the molecule is N#CC1CCN(CCc2ccc(Br)cc2)C(=O)C1. The first-order valence-electron chi connectivity index (χ1n) is 6.11. The third-order valence-electron chi connectivity index (χ3n) is 3.29. The number of nitriles is 1. The van der Waals surface area contributed by atoms with Gasteiger partial charge in [0.05, 0.1) is 12.0 Å². The molecule has 4 heteroatoms. The highest BCUT2D eigenvalue weighted by molar-refractivity contribution is 9.10. The van der Waals surface area contributed by atoms with E-state index in [9.17, 15) is 4.79 Å². The summed E-state index contributed by atoms with van der Waals surface area (Å²) in [6.45, 7) is 1.46. The van der Waals surface area contributed by atoms with Gasteiger partial charge in [0.2, 0.25) is 5.91 Å². The van der Waals surface area contributed by atoms with Gasteiger partial charge >= 0.3 is 0 Å². The first-order chi connectivity index (χ1) is 8.69. The van der Waals surface area contributed by atoms with Gasteiger partial charge in [-0.25, -0.2) is 0 Å². The number of nitrogens with zero attached hydrogens (tertiary/aromatic N) is 2. The zero-order valence-corrected chi connectivity index (χ0v) is 11.7. The van der Waals surface area contributed by atoms with Crippen molar-refractivity contribution in [3.63, 3.8) is 0 Å². The maximum Gasteiger partial charge on any atom is 0.223 e. The summed E-state index contributed by atoms with van der Waals surface area (Å²) in [6.07, 6.45) is 2.07. The lowest BCUT2D eigenvalue weighted by molar-refractivity contribution is -0.134. The predicted octanol–water partition coefficient (Wildman–Crippen LogP) is 2.75. The average Bonchev–Trinajstić information content (AvgIpc) is 2.39. The van der Waals surface area contributed by atoms with Gasteiger partial charge in [0.15, 0.2) is 0 Å². The standard InChI is InChI=1S/C14H15BrN2O/c15-13-3-1-11(2-4-13)5-7-17-8-6-12(10-16)9-14(17)18/h1-4,12H,5-9H2. The molecule has 0 aliphatic carbocycles. The summed E-state index contributed by atoms with van der Waals surface area (Å²) in [5, 5.41) is 8.80. The van der Waals surface area contributed by atoms with Gasteiger partial charge in [-0.05, 0) is 30.5 Å². The van der Waals surface area contributed by atoms with Gasteiger partial charge < -0.3 is 4.90 Å². The van der Waals surface area contributed by atoms with Crippen molar-refractivity contribution >= 4 is 21.8 Å².